The Morgan fingerprint density at radius 1 is 1.29 bits per heavy atom. The van der Waals surface area contributed by atoms with Crippen LogP contribution in [-0.4, -0.2) is 9.55 Å². The Morgan fingerprint density at radius 2 is 2.00 bits per heavy atom. The highest BCUT2D eigenvalue weighted by atomic mass is 79.9. The number of imidazole rings is 1. The Kier molecular flexibility index (Phi) is 3.62. The molecule has 0 radical (unpaired) electrons. The van der Waals surface area contributed by atoms with E-state index in [1.165, 1.54) is 6.07 Å². The molecule has 1 aromatic carbocycles. The smallest absolute Gasteiger partial charge is 0.127 e. The molecule has 0 aliphatic carbocycles. The molecule has 0 aliphatic heterocycles. The maximum Gasteiger partial charge on any atom is 0.127 e. The zero-order valence-corrected chi connectivity index (χ0v) is 11.5. The second-order valence-electron chi connectivity index (χ2n) is 4.05. The number of benzene rings is 1. The van der Waals surface area contributed by atoms with Gasteiger partial charge in [0.15, 0.2) is 0 Å². The average Bonchev–Trinajstić information content (AvgIpc) is 2.53. The molecule has 2 aromatic rings. The van der Waals surface area contributed by atoms with Gasteiger partial charge in [0, 0.05) is 7.05 Å². The Hall–Kier alpha value is -1.16. The largest absolute Gasteiger partial charge is 0.334 e. The standard InChI is InChI=1S/C13H14BrFN2/c1-9-16-13(14)12(17(9)2)8-7-10-5-3-4-6-11(10)15/h3-6H,7-8H2,1-2H3. The molecule has 1 aromatic heterocycles. The minimum absolute atomic E-state index is 0.137. The molecule has 0 amide bonds. The van der Waals surface area contributed by atoms with Gasteiger partial charge in [0.25, 0.3) is 0 Å². The van der Waals surface area contributed by atoms with Gasteiger partial charge in [-0.25, -0.2) is 9.37 Å². The number of halogens is 2. The fraction of sp³-hybridized carbons (Fsp3) is 0.308. The lowest BCUT2D eigenvalue weighted by atomic mass is 10.1. The first-order valence-corrected chi connectivity index (χ1v) is 6.30. The number of aryl methyl sites for hydroxylation is 2. The summed E-state index contributed by atoms with van der Waals surface area (Å²) in [5.74, 6) is 0.822. The number of hydrogen-bond donors (Lipinski definition) is 0. The lowest BCUT2D eigenvalue weighted by Gasteiger charge is -2.05. The number of nitrogens with zero attached hydrogens (tertiary/aromatic N) is 2. The van der Waals surface area contributed by atoms with Gasteiger partial charge in [0.05, 0.1) is 5.69 Å². The highest BCUT2D eigenvalue weighted by Gasteiger charge is 2.10. The Balaban J connectivity index is 2.15. The second-order valence-corrected chi connectivity index (χ2v) is 4.80. The summed E-state index contributed by atoms with van der Waals surface area (Å²) in [5.41, 5.74) is 1.85. The molecule has 0 spiro atoms. The van der Waals surface area contributed by atoms with Crippen LogP contribution in [-0.2, 0) is 19.9 Å². The monoisotopic (exact) mass is 296 g/mol. The van der Waals surface area contributed by atoms with Crippen molar-refractivity contribution >= 4 is 15.9 Å². The molecule has 0 bridgehead atoms. The van der Waals surface area contributed by atoms with Crippen LogP contribution >= 0.6 is 15.9 Å². The summed E-state index contributed by atoms with van der Waals surface area (Å²) >= 11 is 3.43. The van der Waals surface area contributed by atoms with Crippen molar-refractivity contribution in [3.8, 4) is 0 Å². The van der Waals surface area contributed by atoms with Crippen LogP contribution in [0.2, 0.25) is 0 Å². The van der Waals surface area contributed by atoms with Crippen molar-refractivity contribution in [1.29, 1.82) is 0 Å². The lowest BCUT2D eigenvalue weighted by molar-refractivity contribution is 0.606. The minimum atomic E-state index is -0.137. The van der Waals surface area contributed by atoms with Gasteiger partial charge in [-0.1, -0.05) is 18.2 Å². The summed E-state index contributed by atoms with van der Waals surface area (Å²) in [6, 6.07) is 6.90. The Labute approximate surface area is 109 Å². The minimum Gasteiger partial charge on any atom is -0.334 e. The van der Waals surface area contributed by atoms with Crippen LogP contribution in [0.5, 0.6) is 0 Å². The molecule has 4 heteroatoms. The molecule has 17 heavy (non-hydrogen) atoms. The van der Waals surface area contributed by atoms with Crippen molar-refractivity contribution in [2.45, 2.75) is 19.8 Å². The van der Waals surface area contributed by atoms with Crippen LogP contribution < -0.4 is 0 Å². The van der Waals surface area contributed by atoms with Crippen LogP contribution in [0.3, 0.4) is 0 Å². The molecule has 0 aliphatic rings. The highest BCUT2D eigenvalue weighted by molar-refractivity contribution is 9.10. The van der Waals surface area contributed by atoms with Gasteiger partial charge in [-0.15, -0.1) is 0 Å². The summed E-state index contributed by atoms with van der Waals surface area (Å²) in [5, 5.41) is 0. The van der Waals surface area contributed by atoms with E-state index in [1.54, 1.807) is 6.07 Å². The van der Waals surface area contributed by atoms with E-state index in [0.29, 0.717) is 6.42 Å². The third kappa shape index (κ3) is 2.57. The number of aromatic nitrogens is 2. The van der Waals surface area contributed by atoms with E-state index in [-0.39, 0.29) is 5.82 Å². The highest BCUT2D eigenvalue weighted by Crippen LogP contribution is 2.19. The van der Waals surface area contributed by atoms with Crippen molar-refractivity contribution in [3.05, 3.63) is 51.8 Å². The molecule has 0 fully saturated rings. The van der Waals surface area contributed by atoms with E-state index in [2.05, 4.69) is 20.9 Å². The number of hydrogen-bond acceptors (Lipinski definition) is 1. The molecular weight excluding hydrogens is 283 g/mol. The fourth-order valence-corrected chi connectivity index (χ4v) is 2.56. The summed E-state index contributed by atoms with van der Waals surface area (Å²) in [6.07, 6.45) is 1.46. The number of rotatable bonds is 3. The van der Waals surface area contributed by atoms with Gasteiger partial charge in [0.2, 0.25) is 0 Å². The molecule has 0 N–H and O–H groups in total. The van der Waals surface area contributed by atoms with Crippen LogP contribution in [0.15, 0.2) is 28.9 Å². The fourth-order valence-electron chi connectivity index (χ4n) is 1.84. The van der Waals surface area contributed by atoms with Crippen molar-refractivity contribution in [2.24, 2.45) is 7.05 Å². The normalized spacial score (nSPS) is 10.8. The predicted octanol–water partition coefficient (Wildman–Crippen LogP) is 3.42. The van der Waals surface area contributed by atoms with Crippen molar-refractivity contribution in [1.82, 2.24) is 9.55 Å². The maximum absolute atomic E-state index is 13.5. The van der Waals surface area contributed by atoms with E-state index in [1.807, 2.05) is 30.7 Å². The molecule has 0 saturated carbocycles. The topological polar surface area (TPSA) is 17.8 Å². The first-order valence-electron chi connectivity index (χ1n) is 5.50. The first-order chi connectivity index (χ1) is 8.09. The second kappa shape index (κ2) is 5.00. The maximum atomic E-state index is 13.5. The van der Waals surface area contributed by atoms with E-state index in [9.17, 15) is 4.39 Å². The molecular formula is C13H14BrFN2. The van der Waals surface area contributed by atoms with E-state index < -0.39 is 0 Å². The summed E-state index contributed by atoms with van der Waals surface area (Å²) in [4.78, 5) is 4.33. The van der Waals surface area contributed by atoms with Crippen molar-refractivity contribution in [3.63, 3.8) is 0 Å². The Morgan fingerprint density at radius 3 is 2.59 bits per heavy atom. The van der Waals surface area contributed by atoms with Crippen molar-refractivity contribution in [2.75, 3.05) is 0 Å². The summed E-state index contributed by atoms with van der Waals surface area (Å²) < 4.78 is 16.4. The third-order valence-corrected chi connectivity index (χ3v) is 3.61. The van der Waals surface area contributed by atoms with Gasteiger partial charge in [-0.2, -0.15) is 0 Å². The van der Waals surface area contributed by atoms with Crippen molar-refractivity contribution < 1.29 is 4.39 Å². The Bertz CT molecular complexity index is 534. The third-order valence-electron chi connectivity index (χ3n) is 2.98. The van der Waals surface area contributed by atoms with Gasteiger partial charge < -0.3 is 4.57 Å². The summed E-state index contributed by atoms with van der Waals surface area (Å²) in [7, 11) is 1.98. The molecule has 0 unspecified atom stereocenters. The molecule has 0 atom stereocenters. The van der Waals surface area contributed by atoms with Crippen LogP contribution in [0.25, 0.3) is 0 Å². The van der Waals surface area contributed by atoms with E-state index in [4.69, 9.17) is 0 Å². The zero-order chi connectivity index (χ0) is 12.4. The van der Waals surface area contributed by atoms with Crippen LogP contribution in [0.1, 0.15) is 17.1 Å². The molecule has 0 saturated heterocycles. The quantitative estimate of drug-likeness (QED) is 0.849. The lowest BCUT2D eigenvalue weighted by Crippen LogP contribution is -2.02. The first kappa shape index (κ1) is 12.3. The van der Waals surface area contributed by atoms with Gasteiger partial charge in [0.1, 0.15) is 16.2 Å². The van der Waals surface area contributed by atoms with Crippen LogP contribution in [0, 0.1) is 12.7 Å². The van der Waals surface area contributed by atoms with E-state index in [0.717, 1.165) is 28.1 Å². The molecule has 2 nitrogen and oxygen atoms in total. The SMILES string of the molecule is Cc1nc(Br)c(CCc2ccccc2F)n1C. The van der Waals surface area contributed by atoms with Gasteiger partial charge >= 0.3 is 0 Å². The molecule has 2 rings (SSSR count). The predicted molar refractivity (Wildman–Crippen MR) is 69.5 cm³/mol. The molecule has 90 valence electrons. The summed E-state index contributed by atoms with van der Waals surface area (Å²) in [6.45, 7) is 1.96. The van der Waals surface area contributed by atoms with Crippen LogP contribution in [0.4, 0.5) is 4.39 Å². The van der Waals surface area contributed by atoms with Gasteiger partial charge in [-0.05, 0) is 47.3 Å². The van der Waals surface area contributed by atoms with E-state index >= 15 is 0 Å². The van der Waals surface area contributed by atoms with Gasteiger partial charge in [-0.3, -0.25) is 0 Å². The molecule has 1 heterocycles. The average molecular weight is 297 g/mol. The zero-order valence-electron chi connectivity index (χ0n) is 9.87.